The Hall–Kier alpha value is -6.92. The number of hydrogen-bond donors (Lipinski definition) is 0. The van der Waals surface area contributed by atoms with Gasteiger partial charge in [-0.1, -0.05) is 92.7 Å². The molecule has 10 aromatic rings. The summed E-state index contributed by atoms with van der Waals surface area (Å²) in [6.45, 7) is 4.63. The highest BCUT2D eigenvalue weighted by Crippen LogP contribution is 2.55. The first-order chi connectivity index (χ1) is 26.1. The normalized spacial score (nSPS) is 13.6. The molecule has 0 amide bonds. The van der Waals surface area contributed by atoms with E-state index in [1.54, 1.807) is 0 Å². The van der Waals surface area contributed by atoms with Crippen molar-refractivity contribution in [3.63, 3.8) is 0 Å². The lowest BCUT2D eigenvalue weighted by atomic mass is 9.73. The molecule has 6 nitrogen and oxygen atoms in total. The van der Waals surface area contributed by atoms with E-state index in [1.807, 2.05) is 24.5 Å². The van der Waals surface area contributed by atoms with Gasteiger partial charge in [-0.25, -0.2) is 9.97 Å². The minimum absolute atomic E-state index is 0.260. The highest BCUT2D eigenvalue weighted by Gasteiger charge is 2.39. The summed E-state index contributed by atoms with van der Waals surface area (Å²) in [6, 6.07) is 51.1. The van der Waals surface area contributed by atoms with E-state index in [9.17, 15) is 0 Å². The molecule has 0 aliphatic carbocycles. The maximum Gasteiger partial charge on any atom is 0.147 e. The molecule has 4 aromatic heterocycles. The van der Waals surface area contributed by atoms with Crippen LogP contribution in [0.25, 0.3) is 54.9 Å². The van der Waals surface area contributed by atoms with Crippen LogP contribution >= 0.6 is 0 Å². The Kier molecular flexibility index (Phi) is 6.20. The van der Waals surface area contributed by atoms with Gasteiger partial charge in [0.1, 0.15) is 22.8 Å². The Balaban J connectivity index is 1.09. The monoisotopic (exact) mass is 683 g/mol. The van der Waals surface area contributed by atoms with Crippen LogP contribution in [0.3, 0.4) is 0 Å². The van der Waals surface area contributed by atoms with Crippen molar-refractivity contribution in [1.82, 2.24) is 18.9 Å². The topological polar surface area (TPSA) is 47.6 Å². The first-order valence-electron chi connectivity index (χ1n) is 18.0. The third kappa shape index (κ3) is 4.26. The molecule has 0 radical (unpaired) electrons. The van der Waals surface area contributed by atoms with Crippen LogP contribution in [0.2, 0.25) is 0 Å². The fourth-order valence-electron chi connectivity index (χ4n) is 8.60. The van der Waals surface area contributed by atoms with Crippen molar-refractivity contribution in [1.29, 1.82) is 0 Å². The van der Waals surface area contributed by atoms with E-state index in [0.717, 1.165) is 66.7 Å². The molecule has 0 bridgehead atoms. The van der Waals surface area contributed by atoms with Crippen molar-refractivity contribution in [3.05, 3.63) is 175 Å². The van der Waals surface area contributed by atoms with Gasteiger partial charge in [-0.3, -0.25) is 8.97 Å². The Labute approximate surface area is 305 Å². The molecule has 0 saturated heterocycles. The number of aromatic nitrogens is 4. The highest BCUT2D eigenvalue weighted by atomic mass is 16.5. The van der Waals surface area contributed by atoms with Crippen molar-refractivity contribution < 1.29 is 4.74 Å². The van der Waals surface area contributed by atoms with Crippen LogP contribution in [-0.2, 0) is 5.41 Å². The molecule has 252 valence electrons. The van der Waals surface area contributed by atoms with E-state index in [0.29, 0.717) is 0 Å². The van der Waals surface area contributed by atoms with E-state index in [4.69, 9.17) is 14.7 Å². The van der Waals surface area contributed by atoms with Crippen molar-refractivity contribution in [2.45, 2.75) is 19.3 Å². The Bertz CT molecular complexity index is 3080. The van der Waals surface area contributed by atoms with Gasteiger partial charge in [0.15, 0.2) is 0 Å². The summed E-state index contributed by atoms with van der Waals surface area (Å²) in [4.78, 5) is 12.4. The minimum Gasteiger partial charge on any atom is -0.457 e. The molecule has 1 aliphatic rings. The number of hydrogen-bond acceptors (Lipinski definition) is 4. The number of nitrogens with zero attached hydrogens (tertiary/aromatic N) is 5. The van der Waals surface area contributed by atoms with E-state index < -0.39 is 0 Å². The van der Waals surface area contributed by atoms with Crippen LogP contribution in [-0.4, -0.2) is 18.9 Å². The second kappa shape index (κ2) is 11.0. The summed E-state index contributed by atoms with van der Waals surface area (Å²) in [5, 5.41) is 5.66. The van der Waals surface area contributed by atoms with E-state index in [1.165, 1.54) is 27.9 Å². The van der Waals surface area contributed by atoms with Crippen LogP contribution < -0.4 is 9.64 Å². The first-order valence-corrected chi connectivity index (χ1v) is 18.0. The summed E-state index contributed by atoms with van der Waals surface area (Å²) in [5.41, 5.74) is 10.7. The number of rotatable bonds is 4. The van der Waals surface area contributed by atoms with Gasteiger partial charge in [-0.2, -0.15) is 0 Å². The van der Waals surface area contributed by atoms with Gasteiger partial charge in [-0.15, -0.1) is 0 Å². The second-order valence-corrected chi connectivity index (χ2v) is 14.3. The fraction of sp³-hybridized carbons (Fsp3) is 0.0638. The quantitative estimate of drug-likeness (QED) is 0.173. The van der Waals surface area contributed by atoms with Crippen molar-refractivity contribution in [3.8, 4) is 17.2 Å². The molecule has 0 atom stereocenters. The van der Waals surface area contributed by atoms with Crippen LogP contribution in [0, 0.1) is 0 Å². The molecule has 53 heavy (non-hydrogen) atoms. The average molecular weight is 684 g/mol. The summed E-state index contributed by atoms with van der Waals surface area (Å²) >= 11 is 0. The molecule has 0 unspecified atom stereocenters. The Morgan fingerprint density at radius 3 is 2.17 bits per heavy atom. The summed E-state index contributed by atoms with van der Waals surface area (Å²) in [5.74, 6) is 1.50. The van der Waals surface area contributed by atoms with Crippen LogP contribution in [0.1, 0.15) is 25.0 Å². The molecule has 6 heteroatoms. The number of para-hydroxylation sites is 4. The largest absolute Gasteiger partial charge is 0.457 e. The van der Waals surface area contributed by atoms with E-state index in [2.05, 4.69) is 167 Å². The number of anilines is 3. The summed E-state index contributed by atoms with van der Waals surface area (Å²) in [7, 11) is 0. The first kappa shape index (κ1) is 29.8. The van der Waals surface area contributed by atoms with E-state index in [-0.39, 0.29) is 5.41 Å². The lowest BCUT2D eigenvalue weighted by Crippen LogP contribution is -2.31. The lowest BCUT2D eigenvalue weighted by molar-refractivity contribution is 0.483. The van der Waals surface area contributed by atoms with Gasteiger partial charge in [0.05, 0.1) is 33.5 Å². The fourth-order valence-corrected chi connectivity index (χ4v) is 8.60. The SMILES string of the molecule is CC1(C)c2ccccc2N(c2ccccc2)c2c1cnc1c2c2ccccc2n1-c1cccc(Oc2ccc3c4ccccc4n4ccnc4c3c2)c1. The van der Waals surface area contributed by atoms with Crippen LogP contribution in [0.4, 0.5) is 17.1 Å². The van der Waals surface area contributed by atoms with Crippen molar-refractivity contribution in [2.75, 3.05) is 4.90 Å². The van der Waals surface area contributed by atoms with Crippen LogP contribution in [0.5, 0.6) is 11.5 Å². The zero-order valence-electron chi connectivity index (χ0n) is 29.2. The zero-order chi connectivity index (χ0) is 35.3. The number of benzene rings is 6. The Morgan fingerprint density at radius 1 is 0.547 bits per heavy atom. The summed E-state index contributed by atoms with van der Waals surface area (Å²) < 4.78 is 11.1. The third-order valence-electron chi connectivity index (χ3n) is 11.0. The molecule has 0 N–H and O–H groups in total. The maximum absolute atomic E-state index is 6.64. The lowest BCUT2D eigenvalue weighted by Gasteiger charge is -2.42. The average Bonchev–Trinajstić information content (AvgIpc) is 3.83. The standard InChI is InChI=1S/C47H33N5O/c1-47(2)38-19-8-11-22-42(38)51(30-13-4-3-5-14-30)44-39(47)29-49-46-43(44)36-18-7-10-21-41(36)52(46)31-15-12-16-32(27-31)53-33-23-24-34-35-17-6-9-20-40(35)50-26-25-48-45(50)37(34)28-33/h3-29H,1-2H3. The summed E-state index contributed by atoms with van der Waals surface area (Å²) in [6.07, 6.45) is 5.96. The predicted molar refractivity (Wildman–Crippen MR) is 216 cm³/mol. The van der Waals surface area contributed by atoms with Gasteiger partial charge in [0, 0.05) is 57.5 Å². The molecule has 5 heterocycles. The number of fused-ring (bicyclic) bond motifs is 12. The number of imidazole rings is 1. The third-order valence-corrected chi connectivity index (χ3v) is 11.0. The smallest absolute Gasteiger partial charge is 0.147 e. The second-order valence-electron chi connectivity index (χ2n) is 14.3. The maximum atomic E-state index is 6.64. The van der Waals surface area contributed by atoms with Crippen LogP contribution in [0.15, 0.2) is 164 Å². The number of pyridine rings is 2. The van der Waals surface area contributed by atoms with Crippen molar-refractivity contribution >= 4 is 66.3 Å². The highest BCUT2D eigenvalue weighted by molar-refractivity contribution is 6.17. The molecular formula is C47H33N5O. The molecule has 6 aromatic carbocycles. The molecule has 1 aliphatic heterocycles. The van der Waals surface area contributed by atoms with Gasteiger partial charge in [0.2, 0.25) is 0 Å². The van der Waals surface area contributed by atoms with Gasteiger partial charge in [-0.05, 0) is 71.6 Å². The van der Waals surface area contributed by atoms with Gasteiger partial charge in [0.25, 0.3) is 0 Å². The predicted octanol–water partition coefficient (Wildman–Crippen LogP) is 12.0. The van der Waals surface area contributed by atoms with Gasteiger partial charge < -0.3 is 9.64 Å². The molecule has 0 saturated carbocycles. The zero-order valence-corrected chi connectivity index (χ0v) is 29.2. The van der Waals surface area contributed by atoms with Gasteiger partial charge >= 0.3 is 0 Å². The molecule has 0 fully saturated rings. The number of ether oxygens (including phenoxy) is 1. The van der Waals surface area contributed by atoms with Crippen molar-refractivity contribution in [2.24, 2.45) is 0 Å². The van der Waals surface area contributed by atoms with E-state index >= 15 is 0 Å². The minimum atomic E-state index is -0.260. The Morgan fingerprint density at radius 2 is 1.28 bits per heavy atom. The molecule has 0 spiro atoms. The molecular weight excluding hydrogens is 651 g/mol. The molecule has 11 rings (SSSR count).